The fraction of sp³-hybridized carbons (Fsp3) is 0.300. The second-order valence-corrected chi connectivity index (χ2v) is 9.75. The second kappa shape index (κ2) is 10.1. The SMILES string of the molecule is COc1cc(CN2C[C@@H](C)CCn3c(c(-c4ccc(C)cc4)c4cccnc4c3=O)C2=O)cc(OC)c1. The van der Waals surface area contributed by atoms with Gasteiger partial charge in [0.15, 0.2) is 0 Å². The summed E-state index contributed by atoms with van der Waals surface area (Å²) in [6, 6.07) is 17.4. The molecule has 0 saturated carbocycles. The third-order valence-corrected chi connectivity index (χ3v) is 7.02. The number of amides is 1. The number of fused-ring (bicyclic) bond motifs is 2. The molecule has 1 amide bonds. The largest absolute Gasteiger partial charge is 0.497 e. The fourth-order valence-corrected chi connectivity index (χ4v) is 5.08. The van der Waals surface area contributed by atoms with E-state index < -0.39 is 0 Å². The smallest absolute Gasteiger partial charge is 0.277 e. The highest BCUT2D eigenvalue weighted by molar-refractivity contribution is 6.07. The van der Waals surface area contributed by atoms with Crippen molar-refractivity contribution >= 4 is 16.8 Å². The van der Waals surface area contributed by atoms with Crippen molar-refractivity contribution in [3.8, 4) is 22.6 Å². The van der Waals surface area contributed by atoms with Crippen LogP contribution in [0.25, 0.3) is 22.0 Å². The van der Waals surface area contributed by atoms with Crippen molar-refractivity contribution in [3.05, 3.63) is 88.0 Å². The minimum atomic E-state index is -0.230. The Bertz CT molecular complexity index is 1500. The zero-order valence-electron chi connectivity index (χ0n) is 21.7. The Balaban J connectivity index is 1.72. The number of aromatic nitrogens is 2. The van der Waals surface area contributed by atoms with Crippen molar-refractivity contribution in [2.45, 2.75) is 33.4 Å². The zero-order valence-corrected chi connectivity index (χ0v) is 21.7. The molecule has 0 saturated heterocycles. The molecule has 4 aromatic rings. The molecule has 1 aliphatic rings. The molecule has 0 unspecified atom stereocenters. The molecule has 7 nitrogen and oxygen atoms in total. The van der Waals surface area contributed by atoms with Crippen LogP contribution in [0.4, 0.5) is 0 Å². The Hall–Kier alpha value is -4.13. The molecule has 5 rings (SSSR count). The zero-order chi connectivity index (χ0) is 26.1. The topological polar surface area (TPSA) is 73.7 Å². The predicted octanol–water partition coefficient (Wildman–Crippen LogP) is 5.07. The summed E-state index contributed by atoms with van der Waals surface area (Å²) in [5, 5.41) is 0.688. The molecule has 2 aromatic heterocycles. The Labute approximate surface area is 216 Å². The van der Waals surface area contributed by atoms with Gasteiger partial charge in [-0.2, -0.15) is 0 Å². The first-order chi connectivity index (χ1) is 17.9. The fourth-order valence-electron chi connectivity index (χ4n) is 5.08. The highest BCUT2D eigenvalue weighted by Crippen LogP contribution is 2.33. The van der Waals surface area contributed by atoms with Gasteiger partial charge in [0.2, 0.25) is 0 Å². The molecule has 190 valence electrons. The first-order valence-corrected chi connectivity index (χ1v) is 12.5. The molecule has 0 aliphatic carbocycles. The second-order valence-electron chi connectivity index (χ2n) is 9.75. The van der Waals surface area contributed by atoms with Crippen LogP contribution in [0.15, 0.2) is 65.6 Å². The number of hydrogen-bond acceptors (Lipinski definition) is 5. The summed E-state index contributed by atoms with van der Waals surface area (Å²) < 4.78 is 12.5. The number of carbonyl (C=O) groups excluding carboxylic acids is 1. The number of carbonyl (C=O) groups is 1. The van der Waals surface area contributed by atoms with Gasteiger partial charge >= 0.3 is 0 Å². The van der Waals surface area contributed by atoms with Crippen molar-refractivity contribution in [2.75, 3.05) is 20.8 Å². The van der Waals surface area contributed by atoms with Crippen LogP contribution in [0.1, 0.15) is 35.0 Å². The van der Waals surface area contributed by atoms with Crippen molar-refractivity contribution < 1.29 is 14.3 Å². The average molecular weight is 498 g/mol. The number of hydrogen-bond donors (Lipinski definition) is 0. The van der Waals surface area contributed by atoms with Gasteiger partial charge in [-0.1, -0.05) is 42.8 Å². The summed E-state index contributed by atoms with van der Waals surface area (Å²) in [5.41, 5.74) is 4.21. The summed E-state index contributed by atoms with van der Waals surface area (Å²) in [6.07, 6.45) is 2.40. The molecule has 2 aromatic carbocycles. The van der Waals surface area contributed by atoms with Gasteiger partial charge < -0.3 is 18.9 Å². The van der Waals surface area contributed by atoms with Crippen LogP contribution >= 0.6 is 0 Å². The molecular weight excluding hydrogens is 466 g/mol. The number of ether oxygens (including phenoxy) is 2. The highest BCUT2D eigenvalue weighted by atomic mass is 16.5. The van der Waals surface area contributed by atoms with Crippen molar-refractivity contribution in [1.29, 1.82) is 0 Å². The Morgan fingerprint density at radius 3 is 2.38 bits per heavy atom. The molecule has 1 aliphatic heterocycles. The van der Waals surface area contributed by atoms with Gasteiger partial charge in [0.1, 0.15) is 22.7 Å². The number of aryl methyl sites for hydroxylation is 1. The third-order valence-electron chi connectivity index (χ3n) is 7.02. The lowest BCUT2D eigenvalue weighted by Gasteiger charge is -2.32. The molecular formula is C30H31N3O4. The summed E-state index contributed by atoms with van der Waals surface area (Å²) >= 11 is 0. The van der Waals surface area contributed by atoms with E-state index in [2.05, 4.69) is 11.9 Å². The number of rotatable bonds is 5. The Morgan fingerprint density at radius 1 is 1.00 bits per heavy atom. The van der Waals surface area contributed by atoms with Crippen LogP contribution in [0.5, 0.6) is 11.5 Å². The van der Waals surface area contributed by atoms with Crippen LogP contribution in [-0.2, 0) is 13.1 Å². The molecule has 0 bridgehead atoms. The lowest BCUT2D eigenvalue weighted by molar-refractivity contribution is 0.0686. The standard InChI is InChI=1S/C30H31N3O4/c1-19-7-9-22(10-8-19)26-25-6-5-12-31-27(25)29(34)33-13-11-20(2)17-32(30(35)28(26)33)18-21-14-23(36-3)16-24(15-21)37-4/h5-10,12,14-16,20H,11,13,17-18H2,1-4H3/t20-/m0/s1. The summed E-state index contributed by atoms with van der Waals surface area (Å²) in [4.78, 5) is 34.3. The molecule has 3 heterocycles. The summed E-state index contributed by atoms with van der Waals surface area (Å²) in [5.74, 6) is 1.36. The first kappa shape index (κ1) is 24.6. The minimum absolute atomic E-state index is 0.174. The van der Waals surface area contributed by atoms with E-state index in [-0.39, 0.29) is 17.4 Å². The minimum Gasteiger partial charge on any atom is -0.497 e. The normalized spacial score (nSPS) is 15.7. The molecule has 0 N–H and O–H groups in total. The molecule has 7 heteroatoms. The van der Waals surface area contributed by atoms with Crippen LogP contribution < -0.4 is 15.0 Å². The van der Waals surface area contributed by atoms with Gasteiger partial charge in [0.25, 0.3) is 11.5 Å². The van der Waals surface area contributed by atoms with Gasteiger partial charge in [0.05, 0.1) is 14.2 Å². The van der Waals surface area contributed by atoms with Crippen LogP contribution in [0, 0.1) is 12.8 Å². The van der Waals surface area contributed by atoms with E-state index in [4.69, 9.17) is 9.47 Å². The van der Waals surface area contributed by atoms with Crippen molar-refractivity contribution in [3.63, 3.8) is 0 Å². The maximum absolute atomic E-state index is 14.4. The number of methoxy groups -OCH3 is 2. The third kappa shape index (κ3) is 4.69. The van der Waals surface area contributed by atoms with Gasteiger partial charge in [-0.3, -0.25) is 14.6 Å². The lowest BCUT2D eigenvalue weighted by atomic mass is 9.95. The van der Waals surface area contributed by atoms with E-state index in [0.717, 1.165) is 28.7 Å². The van der Waals surface area contributed by atoms with Gasteiger partial charge in [-0.25, -0.2) is 0 Å². The van der Waals surface area contributed by atoms with E-state index in [1.165, 1.54) is 0 Å². The molecule has 0 radical (unpaired) electrons. The summed E-state index contributed by atoms with van der Waals surface area (Å²) in [6.45, 7) is 5.55. The van der Waals surface area contributed by atoms with Crippen molar-refractivity contribution in [1.82, 2.24) is 14.5 Å². The number of pyridine rings is 2. The Kier molecular flexibility index (Phi) is 6.70. The maximum Gasteiger partial charge on any atom is 0.277 e. The average Bonchev–Trinajstić information content (AvgIpc) is 2.91. The van der Waals surface area contributed by atoms with E-state index in [1.807, 2.05) is 66.4 Å². The number of benzene rings is 2. The summed E-state index contributed by atoms with van der Waals surface area (Å²) in [7, 11) is 3.22. The van der Waals surface area contributed by atoms with Gasteiger partial charge in [-0.05, 0) is 48.6 Å². The van der Waals surface area contributed by atoms with Crippen LogP contribution in [0.2, 0.25) is 0 Å². The van der Waals surface area contributed by atoms with E-state index >= 15 is 0 Å². The van der Waals surface area contributed by atoms with E-state index in [1.54, 1.807) is 25.0 Å². The van der Waals surface area contributed by atoms with Crippen molar-refractivity contribution in [2.24, 2.45) is 5.92 Å². The van der Waals surface area contributed by atoms with Crippen LogP contribution in [-0.4, -0.2) is 41.1 Å². The Morgan fingerprint density at radius 2 is 1.70 bits per heavy atom. The predicted molar refractivity (Wildman–Crippen MR) is 144 cm³/mol. The van der Waals surface area contributed by atoms with E-state index in [0.29, 0.717) is 47.7 Å². The molecule has 1 atom stereocenters. The van der Waals surface area contributed by atoms with Gasteiger partial charge in [-0.15, -0.1) is 0 Å². The molecule has 0 spiro atoms. The maximum atomic E-state index is 14.4. The lowest BCUT2D eigenvalue weighted by Crippen LogP contribution is -2.41. The quantitative estimate of drug-likeness (QED) is 0.385. The van der Waals surface area contributed by atoms with Crippen LogP contribution in [0.3, 0.4) is 0 Å². The van der Waals surface area contributed by atoms with E-state index in [9.17, 15) is 9.59 Å². The molecule has 0 fully saturated rings. The monoisotopic (exact) mass is 497 g/mol. The highest BCUT2D eigenvalue weighted by Gasteiger charge is 2.30. The first-order valence-electron chi connectivity index (χ1n) is 12.5. The molecule has 37 heavy (non-hydrogen) atoms. The number of nitrogens with zero attached hydrogens (tertiary/aromatic N) is 3. The van der Waals surface area contributed by atoms with Gasteiger partial charge in [0, 0.05) is 42.8 Å².